The molecule has 150 valence electrons. The summed E-state index contributed by atoms with van der Waals surface area (Å²) in [5.74, 6) is -1.50. The molecule has 2 atom stereocenters. The number of nitrogens with two attached hydrogens (primary N) is 1. The number of unbranched alkanes of at least 4 members (excludes halogenated alkanes) is 4. The highest BCUT2D eigenvalue weighted by Gasteiger charge is 2.24. The van der Waals surface area contributed by atoms with Crippen LogP contribution in [-0.4, -0.2) is 49.6 Å². The number of hydrogen-bond donors (Lipinski definition) is 4. The van der Waals surface area contributed by atoms with E-state index in [0.717, 1.165) is 32.1 Å². The van der Waals surface area contributed by atoms with Crippen LogP contribution in [0, 0.1) is 0 Å². The summed E-state index contributed by atoms with van der Waals surface area (Å²) in [6, 6.07) is -1.45. The predicted octanol–water partition coefficient (Wildman–Crippen LogP) is 0.568. The number of methoxy groups -OCH3 is 1. The fraction of sp³-hybridized carbons (Fsp3) is 0.765. The first kappa shape index (κ1) is 23.7. The average molecular weight is 372 g/mol. The summed E-state index contributed by atoms with van der Waals surface area (Å²) in [5.41, 5.74) is 5.17. The molecule has 0 aliphatic carbocycles. The minimum atomic E-state index is -1.03. The van der Waals surface area contributed by atoms with Crippen molar-refractivity contribution in [2.75, 3.05) is 13.7 Å². The van der Waals surface area contributed by atoms with Gasteiger partial charge in [0.05, 0.1) is 13.5 Å². The Hall–Kier alpha value is -2.32. The number of hydrogen-bond acceptors (Lipinski definition) is 5. The molecule has 26 heavy (non-hydrogen) atoms. The van der Waals surface area contributed by atoms with Crippen LogP contribution in [-0.2, 0) is 19.1 Å². The number of amides is 4. The second kappa shape index (κ2) is 13.9. The molecule has 5 N–H and O–H groups in total. The molecule has 0 radical (unpaired) electrons. The fourth-order valence-electron chi connectivity index (χ4n) is 2.27. The van der Waals surface area contributed by atoms with Crippen LogP contribution < -0.4 is 21.7 Å². The van der Waals surface area contributed by atoms with Crippen molar-refractivity contribution < 1.29 is 23.9 Å². The fourth-order valence-corrected chi connectivity index (χ4v) is 2.27. The van der Waals surface area contributed by atoms with Crippen LogP contribution in [0.1, 0.15) is 58.8 Å². The SMILES string of the molecule is CCCCCCCC(=O)N[C@H](CC(N)=O)C(=O)N[C@@H](C)CNC(=O)OC. The van der Waals surface area contributed by atoms with Crippen molar-refractivity contribution in [2.24, 2.45) is 5.73 Å². The first-order chi connectivity index (χ1) is 12.3. The molecule has 0 aromatic carbocycles. The smallest absolute Gasteiger partial charge is 0.406 e. The molecule has 9 heteroatoms. The first-order valence-electron chi connectivity index (χ1n) is 9.00. The second-order valence-electron chi connectivity index (χ2n) is 6.24. The highest BCUT2D eigenvalue weighted by atomic mass is 16.5. The quantitative estimate of drug-likeness (QED) is 0.350. The van der Waals surface area contributed by atoms with E-state index >= 15 is 0 Å². The van der Waals surface area contributed by atoms with Crippen LogP contribution in [0.2, 0.25) is 0 Å². The molecule has 0 fully saturated rings. The molecule has 0 aliphatic rings. The van der Waals surface area contributed by atoms with E-state index in [2.05, 4.69) is 27.6 Å². The Labute approximate surface area is 154 Å². The maximum Gasteiger partial charge on any atom is 0.406 e. The van der Waals surface area contributed by atoms with Crippen LogP contribution in [0.5, 0.6) is 0 Å². The van der Waals surface area contributed by atoms with Crippen molar-refractivity contribution in [3.8, 4) is 0 Å². The summed E-state index contributed by atoms with van der Waals surface area (Å²) in [4.78, 5) is 46.5. The molecule has 0 rings (SSSR count). The van der Waals surface area contributed by atoms with Crippen molar-refractivity contribution in [2.45, 2.75) is 70.9 Å². The van der Waals surface area contributed by atoms with E-state index in [0.29, 0.717) is 6.42 Å². The molecule has 0 aromatic heterocycles. The predicted molar refractivity (Wildman–Crippen MR) is 97.1 cm³/mol. The summed E-state index contributed by atoms with van der Waals surface area (Å²) >= 11 is 0. The van der Waals surface area contributed by atoms with Crippen molar-refractivity contribution in [1.82, 2.24) is 16.0 Å². The summed E-state index contributed by atoms with van der Waals surface area (Å²) in [6.45, 7) is 3.93. The van der Waals surface area contributed by atoms with E-state index in [1.54, 1.807) is 6.92 Å². The largest absolute Gasteiger partial charge is 0.453 e. The van der Waals surface area contributed by atoms with Gasteiger partial charge in [-0.15, -0.1) is 0 Å². The van der Waals surface area contributed by atoms with E-state index in [9.17, 15) is 19.2 Å². The van der Waals surface area contributed by atoms with E-state index in [4.69, 9.17) is 5.73 Å². The van der Waals surface area contributed by atoms with Gasteiger partial charge in [0.1, 0.15) is 6.04 Å². The Morgan fingerprint density at radius 2 is 1.69 bits per heavy atom. The number of carbonyl (C=O) groups is 4. The van der Waals surface area contributed by atoms with Gasteiger partial charge in [-0.2, -0.15) is 0 Å². The first-order valence-corrected chi connectivity index (χ1v) is 9.00. The minimum absolute atomic E-state index is 0.146. The van der Waals surface area contributed by atoms with Gasteiger partial charge >= 0.3 is 6.09 Å². The third-order valence-corrected chi connectivity index (χ3v) is 3.69. The summed E-state index contributed by atoms with van der Waals surface area (Å²) in [5, 5.41) is 7.63. The van der Waals surface area contributed by atoms with Gasteiger partial charge in [-0.05, 0) is 13.3 Å². The van der Waals surface area contributed by atoms with Gasteiger partial charge in [0.2, 0.25) is 17.7 Å². The van der Waals surface area contributed by atoms with E-state index in [1.165, 1.54) is 7.11 Å². The van der Waals surface area contributed by atoms with E-state index in [-0.39, 0.29) is 18.9 Å². The number of ether oxygens (including phenoxy) is 1. The van der Waals surface area contributed by atoms with Crippen LogP contribution in [0.4, 0.5) is 4.79 Å². The lowest BCUT2D eigenvalue weighted by molar-refractivity contribution is -0.131. The molecular formula is C17H32N4O5. The van der Waals surface area contributed by atoms with Crippen LogP contribution in [0.15, 0.2) is 0 Å². The number of alkyl carbamates (subject to hydrolysis) is 1. The lowest BCUT2D eigenvalue weighted by Gasteiger charge is -2.20. The molecule has 0 saturated heterocycles. The van der Waals surface area contributed by atoms with Crippen LogP contribution in [0.3, 0.4) is 0 Å². The van der Waals surface area contributed by atoms with Gasteiger partial charge in [0.25, 0.3) is 0 Å². The van der Waals surface area contributed by atoms with Gasteiger partial charge in [-0.1, -0.05) is 32.6 Å². The average Bonchev–Trinajstić information content (AvgIpc) is 2.58. The molecule has 0 unspecified atom stereocenters. The molecule has 0 aliphatic heterocycles. The third-order valence-electron chi connectivity index (χ3n) is 3.69. The Balaban J connectivity index is 4.43. The summed E-state index contributed by atoms with van der Waals surface area (Å²) < 4.78 is 4.44. The molecule has 0 heterocycles. The van der Waals surface area contributed by atoms with E-state index in [1.807, 2.05) is 0 Å². The zero-order valence-electron chi connectivity index (χ0n) is 15.9. The molecular weight excluding hydrogens is 340 g/mol. The topological polar surface area (TPSA) is 140 Å². The lowest BCUT2D eigenvalue weighted by atomic mass is 10.1. The Kier molecular flexibility index (Phi) is 12.7. The molecule has 0 aromatic rings. The van der Waals surface area contributed by atoms with Crippen LogP contribution in [0.25, 0.3) is 0 Å². The third kappa shape index (κ3) is 12.1. The van der Waals surface area contributed by atoms with Gasteiger partial charge < -0.3 is 26.4 Å². The second-order valence-corrected chi connectivity index (χ2v) is 6.24. The zero-order valence-corrected chi connectivity index (χ0v) is 15.9. The summed E-state index contributed by atoms with van der Waals surface area (Å²) in [6.07, 6.45) is 4.40. The number of rotatable bonds is 13. The minimum Gasteiger partial charge on any atom is -0.453 e. The van der Waals surface area contributed by atoms with Gasteiger partial charge in [-0.3, -0.25) is 14.4 Å². The molecule has 0 bridgehead atoms. The highest BCUT2D eigenvalue weighted by molar-refractivity contribution is 5.91. The lowest BCUT2D eigenvalue weighted by Crippen LogP contribution is -2.52. The molecule has 0 spiro atoms. The zero-order chi connectivity index (χ0) is 19.9. The van der Waals surface area contributed by atoms with Gasteiger partial charge in [0.15, 0.2) is 0 Å². The highest BCUT2D eigenvalue weighted by Crippen LogP contribution is 2.05. The number of carbonyl (C=O) groups excluding carboxylic acids is 4. The molecule has 9 nitrogen and oxygen atoms in total. The van der Waals surface area contributed by atoms with Gasteiger partial charge in [-0.25, -0.2) is 4.79 Å². The normalized spacial score (nSPS) is 12.6. The Morgan fingerprint density at radius 1 is 1.04 bits per heavy atom. The monoisotopic (exact) mass is 372 g/mol. The summed E-state index contributed by atoms with van der Waals surface area (Å²) in [7, 11) is 1.24. The maximum absolute atomic E-state index is 12.3. The number of nitrogens with one attached hydrogen (secondary N) is 3. The Morgan fingerprint density at radius 3 is 2.27 bits per heavy atom. The van der Waals surface area contributed by atoms with Gasteiger partial charge in [0, 0.05) is 19.0 Å². The number of primary amides is 1. The van der Waals surface area contributed by atoms with Crippen LogP contribution >= 0.6 is 0 Å². The molecule has 4 amide bonds. The van der Waals surface area contributed by atoms with Crippen molar-refractivity contribution >= 4 is 23.8 Å². The maximum atomic E-state index is 12.3. The standard InChI is InChI=1S/C17H32N4O5/c1-4-5-6-7-8-9-15(23)21-13(10-14(18)22)16(24)20-12(2)11-19-17(25)26-3/h12-13H,4-11H2,1-3H3,(H2,18,22)(H,19,25)(H,20,24)(H,21,23)/t12-,13+/m0/s1. The van der Waals surface area contributed by atoms with Crippen molar-refractivity contribution in [3.05, 3.63) is 0 Å². The van der Waals surface area contributed by atoms with E-state index < -0.39 is 30.0 Å². The van der Waals surface area contributed by atoms with Crippen molar-refractivity contribution in [3.63, 3.8) is 0 Å². The van der Waals surface area contributed by atoms with Crippen molar-refractivity contribution in [1.29, 1.82) is 0 Å². The molecule has 0 saturated carbocycles. The Bertz CT molecular complexity index is 470.